The van der Waals surface area contributed by atoms with E-state index in [1.54, 1.807) is 6.07 Å². The van der Waals surface area contributed by atoms with Gasteiger partial charge >= 0.3 is 11.9 Å². The number of nitrogens with zero attached hydrogens (tertiary/aromatic N) is 2. The van der Waals surface area contributed by atoms with E-state index in [4.69, 9.17) is 5.11 Å². The van der Waals surface area contributed by atoms with Crippen molar-refractivity contribution >= 4 is 17.8 Å². The Labute approximate surface area is 123 Å². The molecule has 0 radical (unpaired) electrons. The zero-order valence-electron chi connectivity index (χ0n) is 12.5. The van der Waals surface area contributed by atoms with E-state index in [2.05, 4.69) is 33.9 Å². The number of hydrogen-bond acceptors (Lipinski definition) is 6. The topological polar surface area (TPSA) is 101 Å². The minimum absolute atomic E-state index is 0.000887. The van der Waals surface area contributed by atoms with E-state index >= 15 is 0 Å². The van der Waals surface area contributed by atoms with Crippen molar-refractivity contribution in [2.75, 3.05) is 19.0 Å². The number of nitrogens with one attached hydrogen (secondary N) is 1. The molecule has 0 aliphatic heterocycles. The number of methoxy groups -OCH3 is 1. The second-order valence-corrected chi connectivity index (χ2v) is 5.23. The van der Waals surface area contributed by atoms with Crippen LogP contribution in [0.1, 0.15) is 37.3 Å². The molecule has 0 aliphatic rings. The van der Waals surface area contributed by atoms with E-state index in [0.29, 0.717) is 18.3 Å². The van der Waals surface area contributed by atoms with E-state index in [9.17, 15) is 9.59 Å². The second-order valence-electron chi connectivity index (χ2n) is 5.23. The predicted octanol–water partition coefficient (Wildman–Crippen LogP) is 1.81. The highest BCUT2D eigenvalue weighted by molar-refractivity contribution is 5.85. The Morgan fingerprint density at radius 3 is 2.71 bits per heavy atom. The van der Waals surface area contributed by atoms with Crippen LogP contribution < -0.4 is 5.32 Å². The molecule has 0 amide bonds. The summed E-state index contributed by atoms with van der Waals surface area (Å²) in [5, 5.41) is 12.0. The van der Waals surface area contributed by atoms with Gasteiger partial charge in [-0.05, 0) is 24.3 Å². The smallest absolute Gasteiger partial charge is 0.376 e. The highest BCUT2D eigenvalue weighted by Gasteiger charge is 2.16. The van der Waals surface area contributed by atoms with Crippen LogP contribution in [0.3, 0.4) is 0 Å². The predicted molar refractivity (Wildman–Crippen MR) is 77.1 cm³/mol. The molecule has 0 spiro atoms. The number of carbonyl (C=O) groups is 2. The highest BCUT2D eigenvalue weighted by atomic mass is 16.5. The SMILES string of the molecule is COC(=O)c1nccc(NCC(CC(=O)O)CC(C)C)n1. The first-order chi connectivity index (χ1) is 9.92. The molecule has 0 fully saturated rings. The van der Waals surface area contributed by atoms with Crippen molar-refractivity contribution in [1.29, 1.82) is 0 Å². The van der Waals surface area contributed by atoms with Crippen LogP contribution in [0.4, 0.5) is 5.82 Å². The molecule has 0 saturated heterocycles. The Kier molecular flexibility index (Phi) is 6.58. The molecule has 1 heterocycles. The highest BCUT2D eigenvalue weighted by Crippen LogP contribution is 2.16. The normalized spacial score (nSPS) is 12.0. The maximum atomic E-state index is 11.3. The van der Waals surface area contributed by atoms with Crippen LogP contribution in [0.5, 0.6) is 0 Å². The lowest BCUT2D eigenvalue weighted by Crippen LogP contribution is -2.20. The van der Waals surface area contributed by atoms with Crippen molar-refractivity contribution < 1.29 is 19.4 Å². The molecule has 7 heteroatoms. The van der Waals surface area contributed by atoms with Gasteiger partial charge in [-0.15, -0.1) is 0 Å². The van der Waals surface area contributed by atoms with Gasteiger partial charge < -0.3 is 15.2 Å². The lowest BCUT2D eigenvalue weighted by Gasteiger charge is -2.18. The molecule has 1 unspecified atom stereocenters. The standard InChI is InChI=1S/C14H21N3O4/c1-9(2)6-10(7-12(18)19)8-16-11-4-5-15-13(17-11)14(20)21-3/h4-5,9-10H,6-8H2,1-3H3,(H,18,19)(H,15,16,17). The van der Waals surface area contributed by atoms with Gasteiger partial charge in [0.25, 0.3) is 0 Å². The van der Waals surface area contributed by atoms with Gasteiger partial charge in [-0.3, -0.25) is 4.79 Å². The first-order valence-corrected chi connectivity index (χ1v) is 6.79. The summed E-state index contributed by atoms with van der Waals surface area (Å²) in [4.78, 5) is 30.1. The van der Waals surface area contributed by atoms with Crippen molar-refractivity contribution in [1.82, 2.24) is 9.97 Å². The third-order valence-corrected chi connectivity index (χ3v) is 2.86. The Hall–Kier alpha value is -2.18. The summed E-state index contributed by atoms with van der Waals surface area (Å²) in [5.41, 5.74) is 0. The molecule has 7 nitrogen and oxygen atoms in total. The molecule has 0 aliphatic carbocycles. The molecule has 1 aromatic heterocycles. The fourth-order valence-electron chi connectivity index (χ4n) is 2.05. The van der Waals surface area contributed by atoms with Gasteiger partial charge in [-0.1, -0.05) is 13.8 Å². The van der Waals surface area contributed by atoms with Crippen LogP contribution >= 0.6 is 0 Å². The molecule has 2 N–H and O–H groups in total. The first-order valence-electron chi connectivity index (χ1n) is 6.79. The molecule has 0 saturated carbocycles. The molecule has 116 valence electrons. The Bertz CT molecular complexity index is 491. The van der Waals surface area contributed by atoms with Crippen LogP contribution in [0, 0.1) is 11.8 Å². The number of rotatable bonds is 8. The van der Waals surface area contributed by atoms with Gasteiger partial charge in [0.1, 0.15) is 5.82 Å². The molecule has 1 aromatic rings. The fraction of sp³-hybridized carbons (Fsp3) is 0.571. The molecule has 0 bridgehead atoms. The summed E-state index contributed by atoms with van der Waals surface area (Å²) >= 11 is 0. The largest absolute Gasteiger partial charge is 0.481 e. The zero-order valence-corrected chi connectivity index (χ0v) is 12.5. The molecule has 21 heavy (non-hydrogen) atoms. The van der Waals surface area contributed by atoms with Gasteiger partial charge in [0.15, 0.2) is 0 Å². The number of aliphatic carboxylic acids is 1. The van der Waals surface area contributed by atoms with Crippen molar-refractivity contribution in [3.05, 3.63) is 18.1 Å². The van der Waals surface area contributed by atoms with E-state index in [1.807, 2.05) is 0 Å². The van der Waals surface area contributed by atoms with Crippen molar-refractivity contribution in [2.45, 2.75) is 26.7 Å². The van der Waals surface area contributed by atoms with Crippen LogP contribution in [0.2, 0.25) is 0 Å². The fourth-order valence-corrected chi connectivity index (χ4v) is 2.05. The molecular formula is C14H21N3O4. The van der Waals surface area contributed by atoms with E-state index in [-0.39, 0.29) is 18.2 Å². The van der Waals surface area contributed by atoms with Crippen molar-refractivity contribution in [2.24, 2.45) is 11.8 Å². The van der Waals surface area contributed by atoms with Crippen molar-refractivity contribution in [3.63, 3.8) is 0 Å². The lowest BCUT2D eigenvalue weighted by atomic mass is 9.94. The molecule has 0 aromatic carbocycles. The number of carboxylic acids is 1. The minimum Gasteiger partial charge on any atom is -0.481 e. The second kappa shape index (κ2) is 8.18. The average molecular weight is 295 g/mol. The summed E-state index contributed by atoms with van der Waals surface area (Å²) in [7, 11) is 1.26. The maximum absolute atomic E-state index is 11.3. The van der Waals surface area contributed by atoms with E-state index in [1.165, 1.54) is 13.3 Å². The molecule has 1 rings (SSSR count). The number of esters is 1. The minimum atomic E-state index is -0.819. The van der Waals surface area contributed by atoms with Gasteiger partial charge in [0, 0.05) is 19.2 Å². The monoisotopic (exact) mass is 295 g/mol. The van der Waals surface area contributed by atoms with Crippen LogP contribution in [0.25, 0.3) is 0 Å². The third kappa shape index (κ3) is 6.20. The summed E-state index contributed by atoms with van der Waals surface area (Å²) in [6.45, 7) is 4.58. The van der Waals surface area contributed by atoms with Gasteiger partial charge in [-0.2, -0.15) is 0 Å². The summed E-state index contributed by atoms with van der Waals surface area (Å²) < 4.78 is 4.55. The molecule has 1 atom stereocenters. The lowest BCUT2D eigenvalue weighted by molar-refractivity contribution is -0.138. The Morgan fingerprint density at radius 1 is 1.43 bits per heavy atom. The van der Waals surface area contributed by atoms with Gasteiger partial charge in [0.05, 0.1) is 7.11 Å². The average Bonchev–Trinajstić information content (AvgIpc) is 2.43. The number of carboxylic acid groups (broad SMARTS) is 1. The van der Waals surface area contributed by atoms with Crippen LogP contribution in [-0.4, -0.2) is 40.7 Å². The van der Waals surface area contributed by atoms with Crippen LogP contribution in [0.15, 0.2) is 12.3 Å². The van der Waals surface area contributed by atoms with Gasteiger partial charge in [0.2, 0.25) is 5.82 Å². The van der Waals surface area contributed by atoms with Gasteiger partial charge in [-0.25, -0.2) is 14.8 Å². The quantitative estimate of drug-likeness (QED) is 0.705. The summed E-state index contributed by atoms with van der Waals surface area (Å²) in [5.74, 6) is -0.569. The summed E-state index contributed by atoms with van der Waals surface area (Å²) in [6, 6.07) is 1.62. The van der Waals surface area contributed by atoms with E-state index < -0.39 is 11.9 Å². The van der Waals surface area contributed by atoms with Crippen molar-refractivity contribution in [3.8, 4) is 0 Å². The first kappa shape index (κ1) is 16.9. The zero-order chi connectivity index (χ0) is 15.8. The molecular weight excluding hydrogens is 274 g/mol. The summed E-state index contributed by atoms with van der Waals surface area (Å²) in [6.07, 6.45) is 2.35. The number of hydrogen-bond donors (Lipinski definition) is 2. The van der Waals surface area contributed by atoms with Crippen LogP contribution in [-0.2, 0) is 9.53 Å². The maximum Gasteiger partial charge on any atom is 0.376 e. The number of carbonyl (C=O) groups excluding carboxylic acids is 1. The Balaban J connectivity index is 2.66. The number of anilines is 1. The van der Waals surface area contributed by atoms with E-state index in [0.717, 1.165) is 6.42 Å². The number of ether oxygens (including phenoxy) is 1. The number of aromatic nitrogens is 2. The third-order valence-electron chi connectivity index (χ3n) is 2.86. The Morgan fingerprint density at radius 2 is 2.14 bits per heavy atom.